The zero-order valence-electron chi connectivity index (χ0n) is 38.4. The molecular formula is C61H53O5P3. The van der Waals surface area contributed by atoms with Crippen molar-refractivity contribution in [2.45, 2.75) is 25.9 Å². The standard InChI is InChI=1S/C61H53O5P3/c1-3-5-6-7-9-29-53(22-4-2)64-69(65-55-41-39-48-25-14-17-28-51(48)44-55)66-58-33-19-21-35-61(58)68(56-30-10-8-11-31-56)60-34-20-18-32-57(60)62-59(52-37-36-46-23-12-15-26-49(46)42-52)45-67-63-54-40-38-47-24-13-16-27-50(47)43-54/h3,5-6,8-44,59,67H,1,4,7,45H2,2H3/b6-5-,29-9-,53-22+. The van der Waals surface area contributed by atoms with Crippen molar-refractivity contribution in [1.29, 1.82) is 0 Å². The van der Waals surface area contributed by atoms with Gasteiger partial charge in [0.05, 0.1) is 8.81 Å². The third kappa shape index (κ3) is 12.4. The van der Waals surface area contributed by atoms with Crippen LogP contribution < -0.4 is 34.2 Å². The Labute approximate surface area is 410 Å². The summed E-state index contributed by atoms with van der Waals surface area (Å²) >= 11 is 0. The summed E-state index contributed by atoms with van der Waals surface area (Å²) in [5, 5.41) is 10.1. The highest BCUT2D eigenvalue weighted by molar-refractivity contribution is 7.80. The van der Waals surface area contributed by atoms with E-state index in [9.17, 15) is 0 Å². The molecule has 9 rings (SSSR count). The predicted octanol–water partition coefficient (Wildman–Crippen LogP) is 16.4. The van der Waals surface area contributed by atoms with Gasteiger partial charge < -0.3 is 22.8 Å². The number of hydrogen-bond acceptors (Lipinski definition) is 5. The van der Waals surface area contributed by atoms with Crippen molar-refractivity contribution in [2.75, 3.05) is 6.16 Å². The van der Waals surface area contributed by atoms with E-state index >= 15 is 0 Å². The van der Waals surface area contributed by atoms with Crippen molar-refractivity contribution >= 4 is 73.6 Å². The van der Waals surface area contributed by atoms with Gasteiger partial charge in [-0.1, -0.05) is 202 Å². The monoisotopic (exact) mass is 958 g/mol. The lowest BCUT2D eigenvalue weighted by atomic mass is 10.0. The van der Waals surface area contributed by atoms with Gasteiger partial charge in [-0.3, -0.25) is 0 Å². The van der Waals surface area contributed by atoms with Crippen molar-refractivity contribution in [3.8, 4) is 23.0 Å². The van der Waals surface area contributed by atoms with Crippen LogP contribution in [-0.2, 0) is 4.52 Å². The van der Waals surface area contributed by atoms with Crippen LogP contribution in [0.4, 0.5) is 0 Å². The molecule has 0 aliphatic rings. The van der Waals surface area contributed by atoms with Crippen molar-refractivity contribution in [3.63, 3.8) is 0 Å². The van der Waals surface area contributed by atoms with Crippen molar-refractivity contribution in [3.05, 3.63) is 261 Å². The average Bonchev–Trinajstić information content (AvgIpc) is 3.39. The Balaban J connectivity index is 1.07. The van der Waals surface area contributed by atoms with E-state index in [1.165, 1.54) is 10.8 Å². The van der Waals surface area contributed by atoms with Crippen molar-refractivity contribution in [2.24, 2.45) is 0 Å². The summed E-state index contributed by atoms with van der Waals surface area (Å²) in [5.74, 6) is 3.63. The largest absolute Gasteiger partial charge is 0.530 e. The minimum absolute atomic E-state index is 0.144. The van der Waals surface area contributed by atoms with E-state index < -0.39 is 16.5 Å². The van der Waals surface area contributed by atoms with Gasteiger partial charge in [0.1, 0.15) is 34.9 Å². The topological polar surface area (TPSA) is 46.2 Å². The van der Waals surface area contributed by atoms with Crippen molar-refractivity contribution in [1.82, 2.24) is 0 Å². The lowest BCUT2D eigenvalue weighted by Gasteiger charge is -2.27. The van der Waals surface area contributed by atoms with Gasteiger partial charge in [0, 0.05) is 16.8 Å². The van der Waals surface area contributed by atoms with Crippen LogP contribution in [0.5, 0.6) is 23.0 Å². The quantitative estimate of drug-likeness (QED) is 0.0408. The highest BCUT2D eigenvalue weighted by Gasteiger charge is 2.29. The number of para-hydroxylation sites is 2. The number of hydrogen-bond donors (Lipinski definition) is 0. The van der Waals surface area contributed by atoms with E-state index in [4.69, 9.17) is 22.8 Å². The Bertz CT molecular complexity index is 3240. The van der Waals surface area contributed by atoms with Crippen LogP contribution in [-0.4, -0.2) is 6.16 Å². The third-order valence-electron chi connectivity index (χ3n) is 11.3. The van der Waals surface area contributed by atoms with Gasteiger partial charge >= 0.3 is 8.60 Å². The molecule has 9 aromatic carbocycles. The fourth-order valence-corrected chi connectivity index (χ4v) is 12.4. The fourth-order valence-electron chi connectivity index (χ4n) is 7.97. The van der Waals surface area contributed by atoms with E-state index in [1.54, 1.807) is 6.08 Å². The highest BCUT2D eigenvalue weighted by Crippen LogP contribution is 2.48. The Morgan fingerprint density at radius 2 is 1.13 bits per heavy atom. The summed E-state index contributed by atoms with van der Waals surface area (Å²) in [5.41, 5.74) is 1.08. The molecule has 0 radical (unpaired) electrons. The molecule has 0 heterocycles. The summed E-state index contributed by atoms with van der Waals surface area (Å²) in [6, 6.07) is 71.3. The number of allylic oxidation sites excluding steroid dienone is 6. The summed E-state index contributed by atoms with van der Waals surface area (Å²) in [4.78, 5) is 0. The third-order valence-corrected chi connectivity index (χ3v) is 15.8. The molecule has 69 heavy (non-hydrogen) atoms. The minimum Gasteiger partial charge on any atom is -0.485 e. The summed E-state index contributed by atoms with van der Waals surface area (Å²) in [7, 11) is -3.13. The SMILES string of the molecule is C=C/C=C\C/C=C\C(=C/CC)OP(Oc1ccc2ccccc2c1)Oc1ccccc1P(c1ccccc1)c1ccccc1OC(CPOc1ccc2ccccc2c1)c1ccc2ccccc2c1. The van der Waals surface area contributed by atoms with Gasteiger partial charge in [-0.05, 0) is 119 Å². The number of ether oxygens (including phenoxy) is 1. The molecule has 0 saturated carbocycles. The first-order valence-electron chi connectivity index (χ1n) is 23.2. The average molecular weight is 959 g/mol. The zero-order chi connectivity index (χ0) is 47.0. The molecule has 4 atom stereocenters. The molecule has 4 unspecified atom stereocenters. The van der Waals surface area contributed by atoms with E-state index in [-0.39, 0.29) is 14.9 Å². The summed E-state index contributed by atoms with van der Waals surface area (Å²) < 4.78 is 34.3. The Morgan fingerprint density at radius 1 is 0.565 bits per heavy atom. The fraction of sp³-hybridized carbons (Fsp3) is 0.0820. The maximum atomic E-state index is 7.32. The number of rotatable bonds is 21. The van der Waals surface area contributed by atoms with Gasteiger partial charge in [0.15, 0.2) is 0 Å². The van der Waals surface area contributed by atoms with E-state index in [0.717, 1.165) is 67.4 Å². The first-order chi connectivity index (χ1) is 34.1. The molecule has 9 aromatic rings. The van der Waals surface area contributed by atoms with Crippen LogP contribution in [0.1, 0.15) is 31.4 Å². The van der Waals surface area contributed by atoms with Crippen molar-refractivity contribution < 1.29 is 22.8 Å². The number of fused-ring (bicyclic) bond motifs is 3. The molecule has 0 bridgehead atoms. The second-order valence-corrected chi connectivity index (χ2v) is 20.1. The summed E-state index contributed by atoms with van der Waals surface area (Å²) in [6.07, 6.45) is 13.7. The molecule has 0 aliphatic carbocycles. The molecule has 5 nitrogen and oxygen atoms in total. The molecule has 0 amide bonds. The van der Waals surface area contributed by atoms with Gasteiger partial charge in [0.2, 0.25) is 0 Å². The molecule has 0 aromatic heterocycles. The van der Waals surface area contributed by atoms with E-state index in [2.05, 4.69) is 183 Å². The molecule has 0 N–H and O–H groups in total. The van der Waals surface area contributed by atoms with Crippen LogP contribution in [0.3, 0.4) is 0 Å². The molecule has 0 aliphatic heterocycles. The van der Waals surface area contributed by atoms with Crippen LogP contribution in [0.25, 0.3) is 32.3 Å². The van der Waals surface area contributed by atoms with E-state index in [1.807, 2.05) is 66.8 Å². The molecule has 0 fully saturated rings. The van der Waals surface area contributed by atoms with Gasteiger partial charge in [-0.15, -0.1) is 0 Å². The Morgan fingerprint density at radius 3 is 1.81 bits per heavy atom. The summed E-state index contributed by atoms with van der Waals surface area (Å²) in [6.45, 7) is 5.89. The molecule has 0 spiro atoms. The molecular weight excluding hydrogens is 906 g/mol. The number of benzene rings is 9. The Kier molecular flexibility index (Phi) is 16.3. The second-order valence-electron chi connectivity index (χ2n) is 16.1. The second kappa shape index (κ2) is 23.8. The smallest absolute Gasteiger partial charge is 0.485 e. The van der Waals surface area contributed by atoms with Crippen LogP contribution in [0.2, 0.25) is 0 Å². The molecule has 8 heteroatoms. The van der Waals surface area contributed by atoms with Crippen LogP contribution in [0, 0.1) is 0 Å². The van der Waals surface area contributed by atoms with Crippen LogP contribution in [0.15, 0.2) is 255 Å². The lowest BCUT2D eigenvalue weighted by Crippen LogP contribution is -2.24. The Hall–Kier alpha value is -6.99. The highest BCUT2D eigenvalue weighted by atomic mass is 31.2. The molecule has 0 saturated heterocycles. The first kappa shape index (κ1) is 47.1. The maximum absolute atomic E-state index is 7.32. The maximum Gasteiger partial charge on any atom is 0.530 e. The minimum atomic E-state index is -2.02. The van der Waals surface area contributed by atoms with Gasteiger partial charge in [-0.25, -0.2) is 0 Å². The van der Waals surface area contributed by atoms with Gasteiger partial charge in [0.25, 0.3) is 0 Å². The first-order valence-corrected chi connectivity index (χ1v) is 26.7. The van der Waals surface area contributed by atoms with Gasteiger partial charge in [-0.2, -0.15) is 0 Å². The normalized spacial score (nSPS) is 13.3. The molecule has 342 valence electrons. The predicted molar refractivity (Wildman–Crippen MR) is 295 cm³/mol. The lowest BCUT2D eigenvalue weighted by molar-refractivity contribution is 0.232. The van der Waals surface area contributed by atoms with Crippen LogP contribution >= 0.6 is 25.3 Å². The zero-order valence-corrected chi connectivity index (χ0v) is 41.2. The van der Waals surface area contributed by atoms with E-state index in [0.29, 0.717) is 23.4 Å².